The maximum Gasteiger partial charge on any atom is 0.232 e. The third-order valence-corrected chi connectivity index (χ3v) is 6.65. The van der Waals surface area contributed by atoms with E-state index in [1.54, 1.807) is 24.1 Å². The lowest BCUT2D eigenvalue weighted by atomic mass is 10.1. The van der Waals surface area contributed by atoms with E-state index in [4.69, 9.17) is 0 Å². The highest BCUT2D eigenvalue weighted by molar-refractivity contribution is 7.90. The van der Waals surface area contributed by atoms with Crippen molar-refractivity contribution in [1.82, 2.24) is 0 Å². The van der Waals surface area contributed by atoms with Crippen LogP contribution in [0, 0.1) is 5.92 Å². The van der Waals surface area contributed by atoms with E-state index in [0.717, 1.165) is 31.2 Å². The molecule has 2 aromatic rings. The zero-order chi connectivity index (χ0) is 21.9. The molecule has 1 heterocycles. The SMILES string of the molecule is CCCCc1ccc(N2CC(C(=O)N(C)c3ccc(S(C)(=O)=O)cc3)CC2=O)cc1. The van der Waals surface area contributed by atoms with Crippen LogP contribution in [-0.4, -0.2) is 40.1 Å². The minimum atomic E-state index is -3.29. The van der Waals surface area contributed by atoms with E-state index in [2.05, 4.69) is 6.92 Å². The molecule has 1 unspecified atom stereocenters. The Balaban J connectivity index is 1.68. The third kappa shape index (κ3) is 4.90. The van der Waals surface area contributed by atoms with Crippen molar-refractivity contribution in [2.24, 2.45) is 5.92 Å². The maximum atomic E-state index is 13.0. The van der Waals surface area contributed by atoms with Gasteiger partial charge in [-0.05, 0) is 54.8 Å². The second-order valence-corrected chi connectivity index (χ2v) is 9.85. The zero-order valence-electron chi connectivity index (χ0n) is 17.7. The molecule has 6 nitrogen and oxygen atoms in total. The summed E-state index contributed by atoms with van der Waals surface area (Å²) >= 11 is 0. The van der Waals surface area contributed by atoms with Gasteiger partial charge in [-0.2, -0.15) is 0 Å². The first-order chi connectivity index (χ1) is 14.2. The minimum Gasteiger partial charge on any atom is -0.315 e. The van der Waals surface area contributed by atoms with E-state index in [1.165, 1.54) is 22.6 Å². The van der Waals surface area contributed by atoms with Crippen LogP contribution in [0.5, 0.6) is 0 Å². The van der Waals surface area contributed by atoms with Crippen molar-refractivity contribution in [1.29, 1.82) is 0 Å². The summed E-state index contributed by atoms with van der Waals surface area (Å²) in [6.45, 7) is 2.50. The molecule has 2 aromatic carbocycles. The zero-order valence-corrected chi connectivity index (χ0v) is 18.5. The number of hydrogen-bond acceptors (Lipinski definition) is 4. The number of hydrogen-bond donors (Lipinski definition) is 0. The van der Waals surface area contributed by atoms with Gasteiger partial charge in [-0.1, -0.05) is 25.5 Å². The number of benzene rings is 2. The molecule has 1 aliphatic rings. The van der Waals surface area contributed by atoms with Crippen LogP contribution < -0.4 is 9.80 Å². The van der Waals surface area contributed by atoms with Gasteiger partial charge >= 0.3 is 0 Å². The van der Waals surface area contributed by atoms with E-state index in [9.17, 15) is 18.0 Å². The summed E-state index contributed by atoms with van der Waals surface area (Å²) in [6.07, 6.45) is 4.61. The van der Waals surface area contributed by atoms with Gasteiger partial charge in [0.2, 0.25) is 11.8 Å². The number of aryl methyl sites for hydroxylation is 1. The van der Waals surface area contributed by atoms with Crippen molar-refractivity contribution >= 4 is 33.0 Å². The second-order valence-electron chi connectivity index (χ2n) is 7.84. The Morgan fingerprint density at radius 1 is 1.10 bits per heavy atom. The van der Waals surface area contributed by atoms with Gasteiger partial charge in [-0.3, -0.25) is 9.59 Å². The highest BCUT2D eigenvalue weighted by Crippen LogP contribution is 2.28. The molecule has 160 valence electrons. The largest absolute Gasteiger partial charge is 0.315 e. The highest BCUT2D eigenvalue weighted by atomic mass is 32.2. The Morgan fingerprint density at radius 3 is 2.30 bits per heavy atom. The molecule has 1 atom stereocenters. The molecule has 0 spiro atoms. The number of anilines is 2. The van der Waals surface area contributed by atoms with E-state index in [0.29, 0.717) is 12.2 Å². The Kier molecular flexibility index (Phi) is 6.61. The predicted molar refractivity (Wildman–Crippen MR) is 118 cm³/mol. The summed E-state index contributed by atoms with van der Waals surface area (Å²) < 4.78 is 23.2. The van der Waals surface area contributed by atoms with Gasteiger partial charge in [0, 0.05) is 37.6 Å². The molecule has 0 N–H and O–H groups in total. The average Bonchev–Trinajstić information content (AvgIpc) is 3.12. The number of carbonyl (C=O) groups is 2. The van der Waals surface area contributed by atoms with Gasteiger partial charge in [0.1, 0.15) is 0 Å². The molecule has 0 aromatic heterocycles. The molecular weight excluding hydrogens is 400 g/mol. The van der Waals surface area contributed by atoms with Crippen molar-refractivity contribution in [3.8, 4) is 0 Å². The molecule has 1 fully saturated rings. The summed E-state index contributed by atoms with van der Waals surface area (Å²) in [5.41, 5.74) is 2.66. The summed E-state index contributed by atoms with van der Waals surface area (Å²) in [7, 11) is -1.64. The monoisotopic (exact) mass is 428 g/mol. The first kappa shape index (κ1) is 22.0. The van der Waals surface area contributed by atoms with Gasteiger partial charge in [0.25, 0.3) is 0 Å². The summed E-state index contributed by atoms with van der Waals surface area (Å²) in [6, 6.07) is 14.2. The summed E-state index contributed by atoms with van der Waals surface area (Å²) in [4.78, 5) is 28.9. The molecule has 2 amide bonds. The minimum absolute atomic E-state index is 0.0597. The topological polar surface area (TPSA) is 74.8 Å². The van der Waals surface area contributed by atoms with E-state index < -0.39 is 15.8 Å². The molecule has 3 rings (SSSR count). The van der Waals surface area contributed by atoms with Gasteiger partial charge in [-0.15, -0.1) is 0 Å². The highest BCUT2D eigenvalue weighted by Gasteiger charge is 2.36. The van der Waals surface area contributed by atoms with Gasteiger partial charge in [0.05, 0.1) is 10.8 Å². The van der Waals surface area contributed by atoms with E-state index in [1.807, 2.05) is 24.3 Å². The Labute approximate surface area is 178 Å². The van der Waals surface area contributed by atoms with Gasteiger partial charge in [0.15, 0.2) is 9.84 Å². The third-order valence-electron chi connectivity index (χ3n) is 5.52. The van der Waals surface area contributed by atoms with Gasteiger partial charge < -0.3 is 9.80 Å². The number of rotatable bonds is 7. The molecule has 7 heteroatoms. The van der Waals surface area contributed by atoms with Crippen molar-refractivity contribution in [3.05, 3.63) is 54.1 Å². The second kappa shape index (κ2) is 9.00. The fourth-order valence-electron chi connectivity index (χ4n) is 3.66. The van der Waals surface area contributed by atoms with Crippen LogP contribution >= 0.6 is 0 Å². The predicted octanol–water partition coefficient (Wildman–Crippen LogP) is 3.45. The van der Waals surface area contributed by atoms with Crippen molar-refractivity contribution in [2.75, 3.05) is 29.6 Å². The lowest BCUT2D eigenvalue weighted by Crippen LogP contribution is -2.34. The fourth-order valence-corrected chi connectivity index (χ4v) is 4.29. The van der Waals surface area contributed by atoms with Crippen LogP contribution in [0.4, 0.5) is 11.4 Å². The summed E-state index contributed by atoms with van der Waals surface area (Å²) in [5.74, 6) is -0.648. The Morgan fingerprint density at radius 2 is 1.73 bits per heavy atom. The first-order valence-electron chi connectivity index (χ1n) is 10.2. The molecule has 0 bridgehead atoms. The molecular formula is C23H28N2O4S. The van der Waals surface area contributed by atoms with Crippen molar-refractivity contribution < 1.29 is 18.0 Å². The van der Waals surface area contributed by atoms with E-state index >= 15 is 0 Å². The van der Waals surface area contributed by atoms with E-state index in [-0.39, 0.29) is 23.1 Å². The van der Waals surface area contributed by atoms with Crippen LogP contribution in [0.3, 0.4) is 0 Å². The molecule has 1 aliphatic heterocycles. The molecule has 30 heavy (non-hydrogen) atoms. The van der Waals surface area contributed by atoms with Crippen molar-refractivity contribution in [2.45, 2.75) is 37.5 Å². The summed E-state index contributed by atoms with van der Waals surface area (Å²) in [5, 5.41) is 0. The number of amides is 2. The average molecular weight is 429 g/mol. The lowest BCUT2D eigenvalue weighted by Gasteiger charge is -2.22. The van der Waals surface area contributed by atoms with Crippen LogP contribution in [0.1, 0.15) is 31.7 Å². The Hall–Kier alpha value is -2.67. The lowest BCUT2D eigenvalue weighted by molar-refractivity contribution is -0.124. The molecule has 1 saturated heterocycles. The van der Waals surface area contributed by atoms with Crippen LogP contribution in [0.15, 0.2) is 53.4 Å². The number of carbonyl (C=O) groups excluding carboxylic acids is 2. The fraction of sp³-hybridized carbons (Fsp3) is 0.391. The maximum absolute atomic E-state index is 13.0. The first-order valence-corrected chi connectivity index (χ1v) is 12.1. The normalized spacial score (nSPS) is 16.7. The van der Waals surface area contributed by atoms with Gasteiger partial charge in [-0.25, -0.2) is 8.42 Å². The molecule has 0 radical (unpaired) electrons. The standard InChI is InChI=1S/C23H28N2O4S/c1-4-5-6-17-7-9-20(10-8-17)25-16-18(15-22(25)26)23(27)24(2)19-11-13-21(14-12-19)30(3,28)29/h7-14,18H,4-6,15-16H2,1-3H3. The number of unbranched alkanes of at least 4 members (excludes halogenated alkanes) is 1. The number of nitrogens with zero attached hydrogens (tertiary/aromatic N) is 2. The molecule has 0 aliphatic carbocycles. The molecule has 0 saturated carbocycles. The Bertz CT molecular complexity index is 1010. The van der Waals surface area contributed by atoms with Crippen LogP contribution in [0.25, 0.3) is 0 Å². The smallest absolute Gasteiger partial charge is 0.232 e. The van der Waals surface area contributed by atoms with Crippen molar-refractivity contribution in [3.63, 3.8) is 0 Å². The van der Waals surface area contributed by atoms with Crippen LogP contribution in [-0.2, 0) is 25.8 Å². The quantitative estimate of drug-likeness (QED) is 0.677. The number of sulfone groups is 1. The van der Waals surface area contributed by atoms with Crippen LogP contribution in [0.2, 0.25) is 0 Å².